The Kier molecular flexibility index (Phi) is 6.18. The lowest BCUT2D eigenvalue weighted by Gasteiger charge is -2.32. The molecule has 0 spiro atoms. The van der Waals surface area contributed by atoms with E-state index in [-0.39, 0.29) is 35.0 Å². The van der Waals surface area contributed by atoms with Gasteiger partial charge in [0, 0.05) is 19.2 Å². The van der Waals surface area contributed by atoms with E-state index in [9.17, 15) is 13.5 Å². The van der Waals surface area contributed by atoms with Crippen molar-refractivity contribution < 1.29 is 13.5 Å². The molecule has 5 nitrogen and oxygen atoms in total. The number of nitrogens with zero attached hydrogens (tertiary/aromatic N) is 2. The predicted octanol–water partition coefficient (Wildman–Crippen LogP) is 3.56. The van der Waals surface area contributed by atoms with Crippen LogP contribution >= 0.6 is 11.6 Å². The molecule has 0 unspecified atom stereocenters. The SMILES string of the molecule is N#Cc1ccc(CN([C@@H]2CCC[C@H]2CO)S(=O)(=O)c2ccccc2Cl)cc1. The summed E-state index contributed by atoms with van der Waals surface area (Å²) in [5.41, 5.74) is 1.31. The molecule has 1 N–H and O–H groups in total. The highest BCUT2D eigenvalue weighted by molar-refractivity contribution is 7.89. The highest BCUT2D eigenvalue weighted by Gasteiger charge is 2.39. The molecule has 0 amide bonds. The zero-order valence-electron chi connectivity index (χ0n) is 14.8. The number of aliphatic hydroxyl groups is 1. The van der Waals surface area contributed by atoms with E-state index in [0.717, 1.165) is 18.4 Å². The normalized spacial score (nSPS) is 19.9. The highest BCUT2D eigenvalue weighted by Crippen LogP contribution is 2.36. The number of aliphatic hydroxyl groups excluding tert-OH is 1. The molecule has 0 radical (unpaired) electrons. The number of hydrogen-bond donors (Lipinski definition) is 1. The minimum absolute atomic E-state index is 0.0490. The van der Waals surface area contributed by atoms with Crippen LogP contribution in [0.4, 0.5) is 0 Å². The van der Waals surface area contributed by atoms with Crippen LogP contribution in [0.1, 0.15) is 30.4 Å². The minimum atomic E-state index is -3.85. The molecule has 1 aliphatic rings. The molecule has 27 heavy (non-hydrogen) atoms. The molecule has 142 valence electrons. The van der Waals surface area contributed by atoms with Crippen LogP contribution in [0.2, 0.25) is 5.02 Å². The summed E-state index contributed by atoms with van der Waals surface area (Å²) in [6.07, 6.45) is 2.37. The van der Waals surface area contributed by atoms with E-state index < -0.39 is 10.0 Å². The average Bonchev–Trinajstić information content (AvgIpc) is 3.15. The molecule has 0 heterocycles. The van der Waals surface area contributed by atoms with Crippen molar-refractivity contribution >= 4 is 21.6 Å². The van der Waals surface area contributed by atoms with Crippen molar-refractivity contribution in [1.82, 2.24) is 4.31 Å². The monoisotopic (exact) mass is 404 g/mol. The molecule has 0 aliphatic heterocycles. The van der Waals surface area contributed by atoms with E-state index in [1.54, 1.807) is 42.5 Å². The minimum Gasteiger partial charge on any atom is -0.396 e. The standard InChI is InChI=1S/C20H21ClN2O3S/c21-18-5-1-2-7-20(18)27(25,26)23(19-6-3-4-17(19)14-24)13-16-10-8-15(12-22)9-11-16/h1-2,5,7-11,17,19,24H,3-4,6,13-14H2/t17-,19+/m0/s1. The third-order valence-electron chi connectivity index (χ3n) is 5.07. The Morgan fingerprint density at radius 2 is 1.85 bits per heavy atom. The number of rotatable bonds is 6. The van der Waals surface area contributed by atoms with Gasteiger partial charge in [0.15, 0.2) is 0 Å². The molecule has 2 aromatic rings. The van der Waals surface area contributed by atoms with Crippen molar-refractivity contribution in [3.63, 3.8) is 0 Å². The van der Waals surface area contributed by atoms with Crippen molar-refractivity contribution in [2.45, 2.75) is 36.7 Å². The van der Waals surface area contributed by atoms with Crippen LogP contribution in [0.3, 0.4) is 0 Å². The van der Waals surface area contributed by atoms with E-state index in [1.165, 1.54) is 10.4 Å². The molecule has 7 heteroatoms. The lowest BCUT2D eigenvalue weighted by atomic mass is 10.0. The molecule has 1 aliphatic carbocycles. The summed E-state index contributed by atoms with van der Waals surface area (Å²) in [7, 11) is -3.85. The van der Waals surface area contributed by atoms with Crippen molar-refractivity contribution in [3.05, 3.63) is 64.7 Å². The Morgan fingerprint density at radius 1 is 1.15 bits per heavy atom. The van der Waals surface area contributed by atoms with Crippen LogP contribution in [0, 0.1) is 17.2 Å². The Hall–Kier alpha value is -1.91. The first-order valence-electron chi connectivity index (χ1n) is 8.83. The molecule has 2 atom stereocenters. The summed E-state index contributed by atoms with van der Waals surface area (Å²) in [5, 5.41) is 18.9. The summed E-state index contributed by atoms with van der Waals surface area (Å²) >= 11 is 6.18. The second-order valence-electron chi connectivity index (χ2n) is 6.73. The quantitative estimate of drug-likeness (QED) is 0.798. The van der Waals surface area contributed by atoms with Crippen molar-refractivity contribution in [3.8, 4) is 6.07 Å². The number of hydrogen-bond acceptors (Lipinski definition) is 4. The van der Waals surface area contributed by atoms with E-state index in [2.05, 4.69) is 6.07 Å². The molecule has 0 bridgehead atoms. The lowest BCUT2D eigenvalue weighted by molar-refractivity contribution is 0.166. The van der Waals surface area contributed by atoms with Crippen molar-refractivity contribution in [1.29, 1.82) is 5.26 Å². The van der Waals surface area contributed by atoms with Crippen LogP contribution in [-0.2, 0) is 16.6 Å². The lowest BCUT2D eigenvalue weighted by Crippen LogP contribution is -2.42. The van der Waals surface area contributed by atoms with Gasteiger partial charge in [-0.15, -0.1) is 0 Å². The van der Waals surface area contributed by atoms with Crippen LogP contribution < -0.4 is 0 Å². The van der Waals surface area contributed by atoms with Gasteiger partial charge in [-0.1, -0.05) is 42.3 Å². The van der Waals surface area contributed by atoms with Gasteiger partial charge >= 0.3 is 0 Å². The molecular formula is C20H21ClN2O3S. The second kappa shape index (κ2) is 8.41. The molecule has 2 aromatic carbocycles. The van der Waals surface area contributed by atoms with Gasteiger partial charge in [0.1, 0.15) is 4.90 Å². The van der Waals surface area contributed by atoms with Gasteiger partial charge in [-0.25, -0.2) is 8.42 Å². The Balaban J connectivity index is 2.01. The number of benzene rings is 2. The van der Waals surface area contributed by atoms with Crippen LogP contribution in [-0.4, -0.2) is 30.5 Å². The first-order valence-corrected chi connectivity index (χ1v) is 10.7. The topological polar surface area (TPSA) is 81.4 Å². The summed E-state index contributed by atoms with van der Waals surface area (Å²) in [6.45, 7) is 0.118. The van der Waals surface area contributed by atoms with Crippen molar-refractivity contribution in [2.75, 3.05) is 6.61 Å². The van der Waals surface area contributed by atoms with Gasteiger partial charge in [0.25, 0.3) is 0 Å². The fourth-order valence-electron chi connectivity index (χ4n) is 3.63. The largest absolute Gasteiger partial charge is 0.396 e. The van der Waals surface area contributed by atoms with E-state index in [4.69, 9.17) is 16.9 Å². The summed E-state index contributed by atoms with van der Waals surface area (Å²) < 4.78 is 28.3. The predicted molar refractivity (Wildman–Crippen MR) is 104 cm³/mol. The van der Waals surface area contributed by atoms with Gasteiger partial charge in [-0.2, -0.15) is 9.57 Å². The fourth-order valence-corrected chi connectivity index (χ4v) is 5.83. The fraction of sp³-hybridized carbons (Fsp3) is 0.350. The van der Waals surface area contributed by atoms with E-state index >= 15 is 0 Å². The van der Waals surface area contributed by atoms with E-state index in [0.29, 0.717) is 12.0 Å². The first-order chi connectivity index (χ1) is 13.0. The van der Waals surface area contributed by atoms with Crippen LogP contribution in [0.25, 0.3) is 0 Å². The zero-order valence-corrected chi connectivity index (χ0v) is 16.3. The molecule has 3 rings (SSSR count). The van der Waals surface area contributed by atoms with Crippen LogP contribution in [0.15, 0.2) is 53.4 Å². The Labute approximate surface area is 164 Å². The van der Waals surface area contributed by atoms with Gasteiger partial charge in [0.2, 0.25) is 10.0 Å². The number of sulfonamides is 1. The molecule has 0 aromatic heterocycles. The zero-order chi connectivity index (χ0) is 19.4. The van der Waals surface area contributed by atoms with Gasteiger partial charge in [-0.05, 0) is 48.6 Å². The van der Waals surface area contributed by atoms with Crippen LogP contribution in [0.5, 0.6) is 0 Å². The first kappa shape index (κ1) is 19.8. The van der Waals surface area contributed by atoms with Gasteiger partial charge in [-0.3, -0.25) is 0 Å². The summed E-state index contributed by atoms with van der Waals surface area (Å²) in [4.78, 5) is 0.0731. The molecule has 1 saturated carbocycles. The summed E-state index contributed by atoms with van der Waals surface area (Å²) in [6, 6.07) is 15.1. The number of halogens is 1. The maximum atomic E-state index is 13.4. The summed E-state index contributed by atoms with van der Waals surface area (Å²) in [5.74, 6) is -0.0966. The smallest absolute Gasteiger partial charge is 0.245 e. The van der Waals surface area contributed by atoms with E-state index in [1.807, 2.05) is 0 Å². The Bertz CT molecular complexity index is 938. The Morgan fingerprint density at radius 3 is 2.48 bits per heavy atom. The van der Waals surface area contributed by atoms with Gasteiger partial charge < -0.3 is 5.11 Å². The average molecular weight is 405 g/mol. The van der Waals surface area contributed by atoms with Crippen molar-refractivity contribution in [2.24, 2.45) is 5.92 Å². The molecule has 1 fully saturated rings. The maximum absolute atomic E-state index is 13.4. The molecular weight excluding hydrogens is 384 g/mol. The third kappa shape index (κ3) is 4.17. The highest BCUT2D eigenvalue weighted by atomic mass is 35.5. The second-order valence-corrected chi connectivity index (χ2v) is 9.00. The third-order valence-corrected chi connectivity index (χ3v) is 7.44. The number of nitriles is 1. The maximum Gasteiger partial charge on any atom is 0.245 e. The molecule has 0 saturated heterocycles. The van der Waals surface area contributed by atoms with Gasteiger partial charge in [0.05, 0.1) is 16.7 Å².